The van der Waals surface area contributed by atoms with Crippen LogP contribution < -0.4 is 10.3 Å². The molecule has 0 fully saturated rings. The molecule has 1 aromatic carbocycles. The molecule has 0 unspecified atom stereocenters. The Bertz CT molecular complexity index is 394. The highest BCUT2D eigenvalue weighted by Gasteiger charge is 2.13. The summed E-state index contributed by atoms with van der Waals surface area (Å²) >= 11 is 5.92. The second kappa shape index (κ2) is 4.75. The molecule has 0 heterocycles. The Morgan fingerprint density at radius 2 is 2.27 bits per heavy atom. The van der Waals surface area contributed by atoms with Crippen LogP contribution in [0.2, 0.25) is 5.02 Å². The standard InChI is InChI=1S/C9H11ClN4O/c1-6-7(10)4-3-5-8(6)14(2)9(15)12-13-11/h3-5H,1-2H3,(H2,11,12,15). The number of anilines is 1. The highest BCUT2D eigenvalue weighted by atomic mass is 35.5. The topological polar surface area (TPSA) is 68.6 Å². The fourth-order valence-corrected chi connectivity index (χ4v) is 1.36. The zero-order valence-corrected chi connectivity index (χ0v) is 9.17. The molecule has 0 bridgehead atoms. The number of nitrogens with one attached hydrogen (secondary N) is 2. The summed E-state index contributed by atoms with van der Waals surface area (Å²) in [5, 5.41) is 3.40. The highest BCUT2D eigenvalue weighted by molar-refractivity contribution is 6.31. The largest absolute Gasteiger partial charge is 0.343 e. The van der Waals surface area contributed by atoms with Crippen molar-refractivity contribution < 1.29 is 4.79 Å². The summed E-state index contributed by atoms with van der Waals surface area (Å²) in [6.07, 6.45) is 0. The van der Waals surface area contributed by atoms with Crippen molar-refractivity contribution in [1.29, 1.82) is 5.53 Å². The van der Waals surface area contributed by atoms with Gasteiger partial charge < -0.3 is 0 Å². The third kappa shape index (κ3) is 2.44. The number of hydrogen-bond donors (Lipinski definition) is 2. The monoisotopic (exact) mass is 226 g/mol. The van der Waals surface area contributed by atoms with E-state index in [0.717, 1.165) is 5.56 Å². The SMILES string of the molecule is Cc1c(Cl)cccc1N(C)C(=O)NN=N. The number of rotatable bonds is 2. The van der Waals surface area contributed by atoms with Crippen LogP contribution in [0.25, 0.3) is 0 Å². The molecule has 0 aliphatic rings. The van der Waals surface area contributed by atoms with Crippen molar-refractivity contribution in [1.82, 2.24) is 5.43 Å². The number of nitrogens with zero attached hydrogens (tertiary/aromatic N) is 2. The van der Waals surface area contributed by atoms with E-state index < -0.39 is 6.03 Å². The van der Waals surface area contributed by atoms with Gasteiger partial charge in [0.05, 0.1) is 0 Å². The molecule has 0 saturated heterocycles. The van der Waals surface area contributed by atoms with Crippen molar-refractivity contribution in [2.75, 3.05) is 11.9 Å². The minimum absolute atomic E-state index is 0.477. The molecule has 1 aromatic rings. The number of hydrogen-bond acceptors (Lipinski definition) is 3. The molecule has 0 aromatic heterocycles. The average Bonchev–Trinajstić information content (AvgIpc) is 2.21. The Kier molecular flexibility index (Phi) is 3.62. The van der Waals surface area contributed by atoms with Gasteiger partial charge >= 0.3 is 6.03 Å². The van der Waals surface area contributed by atoms with Crippen LogP contribution in [0.5, 0.6) is 0 Å². The van der Waals surface area contributed by atoms with Gasteiger partial charge in [-0.25, -0.2) is 10.2 Å². The van der Waals surface area contributed by atoms with Gasteiger partial charge in [-0.3, -0.25) is 4.90 Å². The molecule has 0 aliphatic heterocycles. The van der Waals surface area contributed by atoms with Crippen LogP contribution in [0.15, 0.2) is 23.4 Å². The number of benzene rings is 1. The van der Waals surface area contributed by atoms with Gasteiger partial charge in [0.2, 0.25) is 0 Å². The molecule has 6 heteroatoms. The Morgan fingerprint density at radius 3 is 2.87 bits per heavy atom. The van der Waals surface area contributed by atoms with Crippen molar-refractivity contribution >= 4 is 23.3 Å². The minimum Gasteiger partial charge on any atom is -0.296 e. The van der Waals surface area contributed by atoms with E-state index in [1.807, 2.05) is 12.3 Å². The van der Waals surface area contributed by atoms with E-state index in [0.29, 0.717) is 10.7 Å². The molecule has 5 nitrogen and oxygen atoms in total. The molecule has 2 amide bonds. The summed E-state index contributed by atoms with van der Waals surface area (Å²) in [7, 11) is 1.58. The lowest BCUT2D eigenvalue weighted by molar-refractivity contribution is 0.247. The fourth-order valence-electron chi connectivity index (χ4n) is 1.19. The molecule has 0 spiro atoms. The van der Waals surface area contributed by atoms with E-state index in [1.54, 1.807) is 25.2 Å². The average molecular weight is 227 g/mol. The van der Waals surface area contributed by atoms with Gasteiger partial charge in [-0.2, -0.15) is 5.53 Å². The van der Waals surface area contributed by atoms with Gasteiger partial charge in [0.1, 0.15) is 0 Å². The van der Waals surface area contributed by atoms with Crippen molar-refractivity contribution in [2.45, 2.75) is 6.92 Å². The highest BCUT2D eigenvalue weighted by Crippen LogP contribution is 2.25. The van der Waals surface area contributed by atoms with Gasteiger partial charge in [0.15, 0.2) is 0 Å². The lowest BCUT2D eigenvalue weighted by Gasteiger charge is -2.18. The lowest BCUT2D eigenvalue weighted by Crippen LogP contribution is -2.34. The van der Waals surface area contributed by atoms with E-state index >= 15 is 0 Å². The molecule has 15 heavy (non-hydrogen) atoms. The molecule has 0 saturated carbocycles. The maximum Gasteiger partial charge on any atom is 0.343 e. The number of urea groups is 1. The summed E-state index contributed by atoms with van der Waals surface area (Å²) in [5.41, 5.74) is 10.0. The molecule has 0 atom stereocenters. The molecule has 80 valence electrons. The maximum atomic E-state index is 11.4. The summed E-state index contributed by atoms with van der Waals surface area (Å²) in [6.45, 7) is 1.82. The zero-order chi connectivity index (χ0) is 11.4. The fraction of sp³-hybridized carbons (Fsp3) is 0.222. The first kappa shape index (κ1) is 11.5. The summed E-state index contributed by atoms with van der Waals surface area (Å²) in [5.74, 6) is 0. The molecule has 2 N–H and O–H groups in total. The third-order valence-electron chi connectivity index (χ3n) is 2.06. The van der Waals surface area contributed by atoms with Crippen LogP contribution in [-0.4, -0.2) is 13.1 Å². The molecule has 0 radical (unpaired) electrons. The molecule has 1 rings (SSSR count). The van der Waals surface area contributed by atoms with E-state index in [9.17, 15) is 4.79 Å². The zero-order valence-electron chi connectivity index (χ0n) is 8.41. The smallest absolute Gasteiger partial charge is 0.296 e. The van der Waals surface area contributed by atoms with Crippen LogP contribution in [0, 0.1) is 12.5 Å². The normalized spacial score (nSPS) is 9.53. The van der Waals surface area contributed by atoms with Crippen LogP contribution >= 0.6 is 11.6 Å². The number of halogens is 1. The number of carbonyl (C=O) groups excluding carboxylic acids is 1. The first-order valence-electron chi connectivity index (χ1n) is 4.23. The van der Waals surface area contributed by atoms with E-state index in [4.69, 9.17) is 17.1 Å². The summed E-state index contributed by atoms with van der Waals surface area (Å²) < 4.78 is 0. The minimum atomic E-state index is -0.477. The summed E-state index contributed by atoms with van der Waals surface area (Å²) in [6, 6.07) is 4.80. The van der Waals surface area contributed by atoms with Gasteiger partial charge in [-0.05, 0) is 24.6 Å². The predicted molar refractivity (Wildman–Crippen MR) is 58.3 cm³/mol. The molecular weight excluding hydrogens is 216 g/mol. The van der Waals surface area contributed by atoms with Crippen LogP contribution in [0.3, 0.4) is 0 Å². The number of carbonyl (C=O) groups is 1. The van der Waals surface area contributed by atoms with Crippen molar-refractivity contribution in [3.63, 3.8) is 0 Å². The van der Waals surface area contributed by atoms with Crippen molar-refractivity contribution in [3.05, 3.63) is 28.8 Å². The van der Waals surface area contributed by atoms with E-state index in [2.05, 4.69) is 5.22 Å². The molecule has 0 aliphatic carbocycles. The van der Waals surface area contributed by atoms with Crippen LogP contribution in [0.4, 0.5) is 10.5 Å². The Labute approximate surface area is 92.5 Å². The van der Waals surface area contributed by atoms with Crippen LogP contribution in [-0.2, 0) is 0 Å². The number of amides is 2. The van der Waals surface area contributed by atoms with E-state index in [-0.39, 0.29) is 0 Å². The second-order valence-corrected chi connectivity index (χ2v) is 3.38. The maximum absolute atomic E-state index is 11.4. The van der Waals surface area contributed by atoms with Gasteiger partial charge in [-0.15, -0.1) is 0 Å². The molecular formula is C9H11ClN4O. The van der Waals surface area contributed by atoms with Gasteiger partial charge in [0.25, 0.3) is 0 Å². The first-order chi connectivity index (χ1) is 7.07. The first-order valence-corrected chi connectivity index (χ1v) is 4.61. The Balaban J connectivity index is 3.00. The lowest BCUT2D eigenvalue weighted by atomic mass is 10.2. The van der Waals surface area contributed by atoms with Crippen LogP contribution in [0.1, 0.15) is 5.56 Å². The van der Waals surface area contributed by atoms with Crippen molar-refractivity contribution in [2.24, 2.45) is 5.22 Å². The quantitative estimate of drug-likeness (QED) is 0.591. The predicted octanol–water partition coefficient (Wildman–Crippen LogP) is 2.74. The van der Waals surface area contributed by atoms with E-state index in [1.165, 1.54) is 4.90 Å². The van der Waals surface area contributed by atoms with Crippen molar-refractivity contribution in [3.8, 4) is 0 Å². The van der Waals surface area contributed by atoms with Gasteiger partial charge in [0, 0.05) is 17.8 Å². The Hall–Kier alpha value is -1.62. The second-order valence-electron chi connectivity index (χ2n) is 2.97. The Morgan fingerprint density at radius 1 is 1.60 bits per heavy atom. The van der Waals surface area contributed by atoms with Gasteiger partial charge in [-0.1, -0.05) is 22.9 Å². The third-order valence-corrected chi connectivity index (χ3v) is 2.47. The summed E-state index contributed by atoms with van der Waals surface area (Å²) in [4.78, 5) is 12.7.